The van der Waals surface area contributed by atoms with Crippen LogP contribution in [0.5, 0.6) is 5.75 Å². The number of aromatic nitrogens is 2. The largest absolute Gasteiger partial charge is 0.426 e. The SMILES string of the molecule is CC=CCCc1cnc(C2CCC(C(=O)Oc3ccc(C#N)c(F)c3)CC2)nc1. The predicted molar refractivity (Wildman–Crippen MR) is 107 cm³/mol. The number of aryl methyl sites for hydroxylation is 1. The number of esters is 1. The Balaban J connectivity index is 1.51. The number of halogens is 1. The van der Waals surface area contributed by atoms with E-state index in [4.69, 9.17) is 10.00 Å². The second-order valence-electron chi connectivity index (χ2n) is 7.28. The van der Waals surface area contributed by atoms with Crippen LogP contribution in [0.15, 0.2) is 42.7 Å². The molecule has 0 spiro atoms. The number of rotatable bonds is 6. The van der Waals surface area contributed by atoms with E-state index in [2.05, 4.69) is 16.0 Å². The normalized spacial score (nSPS) is 19.1. The van der Waals surface area contributed by atoms with Gasteiger partial charge in [0.05, 0.1) is 11.5 Å². The van der Waals surface area contributed by atoms with E-state index in [1.165, 1.54) is 12.1 Å². The van der Waals surface area contributed by atoms with E-state index < -0.39 is 5.82 Å². The number of allylic oxidation sites excluding steroid dienone is 2. The Kier molecular flexibility index (Phi) is 7.07. The van der Waals surface area contributed by atoms with Gasteiger partial charge in [-0.25, -0.2) is 14.4 Å². The van der Waals surface area contributed by atoms with Gasteiger partial charge in [0.25, 0.3) is 0 Å². The molecule has 0 aliphatic heterocycles. The van der Waals surface area contributed by atoms with Crippen molar-refractivity contribution in [1.29, 1.82) is 5.26 Å². The Morgan fingerprint density at radius 3 is 2.62 bits per heavy atom. The summed E-state index contributed by atoms with van der Waals surface area (Å²) in [5.74, 6) is -0.0482. The van der Waals surface area contributed by atoms with Gasteiger partial charge in [0.1, 0.15) is 23.5 Å². The number of hydrogen-bond donors (Lipinski definition) is 0. The van der Waals surface area contributed by atoms with E-state index in [1.807, 2.05) is 25.4 Å². The van der Waals surface area contributed by atoms with Crippen LogP contribution in [0, 0.1) is 23.1 Å². The summed E-state index contributed by atoms with van der Waals surface area (Å²) < 4.78 is 19.0. The van der Waals surface area contributed by atoms with Gasteiger partial charge in [-0.15, -0.1) is 0 Å². The monoisotopic (exact) mass is 393 g/mol. The molecule has 150 valence electrons. The zero-order valence-corrected chi connectivity index (χ0v) is 16.5. The number of nitrogens with zero attached hydrogens (tertiary/aromatic N) is 3. The minimum Gasteiger partial charge on any atom is -0.426 e. The molecule has 3 rings (SSSR count). The smallest absolute Gasteiger partial charge is 0.314 e. The second-order valence-corrected chi connectivity index (χ2v) is 7.28. The van der Waals surface area contributed by atoms with Gasteiger partial charge in [-0.3, -0.25) is 4.79 Å². The van der Waals surface area contributed by atoms with Crippen LogP contribution in [0.25, 0.3) is 0 Å². The Morgan fingerprint density at radius 2 is 2.00 bits per heavy atom. The van der Waals surface area contributed by atoms with Gasteiger partial charge in [-0.05, 0) is 63.1 Å². The zero-order chi connectivity index (χ0) is 20.6. The van der Waals surface area contributed by atoms with Gasteiger partial charge in [0.2, 0.25) is 0 Å². The van der Waals surface area contributed by atoms with Crippen LogP contribution < -0.4 is 4.74 Å². The maximum Gasteiger partial charge on any atom is 0.314 e. The van der Waals surface area contributed by atoms with Crippen LogP contribution in [0.1, 0.15) is 61.9 Å². The molecule has 0 unspecified atom stereocenters. The van der Waals surface area contributed by atoms with Crippen LogP contribution in [-0.4, -0.2) is 15.9 Å². The van der Waals surface area contributed by atoms with E-state index in [1.54, 1.807) is 6.07 Å². The highest BCUT2D eigenvalue weighted by Gasteiger charge is 2.29. The van der Waals surface area contributed by atoms with Gasteiger partial charge in [-0.2, -0.15) is 5.26 Å². The summed E-state index contributed by atoms with van der Waals surface area (Å²) in [4.78, 5) is 21.5. The molecule has 0 atom stereocenters. The van der Waals surface area contributed by atoms with E-state index in [-0.39, 0.29) is 29.1 Å². The van der Waals surface area contributed by atoms with Gasteiger partial charge < -0.3 is 4.74 Å². The molecule has 5 nitrogen and oxygen atoms in total. The molecule has 1 aromatic heterocycles. The van der Waals surface area contributed by atoms with Gasteiger partial charge in [0, 0.05) is 24.4 Å². The number of carbonyl (C=O) groups excluding carboxylic acids is 1. The maximum absolute atomic E-state index is 13.7. The average molecular weight is 393 g/mol. The van der Waals surface area contributed by atoms with Crippen LogP contribution in [0.2, 0.25) is 0 Å². The molecule has 1 aliphatic rings. The summed E-state index contributed by atoms with van der Waals surface area (Å²) in [6.07, 6.45) is 12.9. The second kappa shape index (κ2) is 9.92. The first-order valence-corrected chi connectivity index (χ1v) is 9.94. The Morgan fingerprint density at radius 1 is 1.28 bits per heavy atom. The number of hydrogen-bond acceptors (Lipinski definition) is 5. The van der Waals surface area contributed by atoms with Crippen LogP contribution in [0.4, 0.5) is 4.39 Å². The maximum atomic E-state index is 13.7. The lowest BCUT2D eigenvalue weighted by Crippen LogP contribution is -2.25. The fraction of sp³-hybridized carbons (Fsp3) is 0.391. The Labute approximate surface area is 170 Å². The Bertz CT molecular complexity index is 911. The molecule has 6 heteroatoms. The molecule has 0 saturated heterocycles. The minimum atomic E-state index is -0.687. The lowest BCUT2D eigenvalue weighted by Gasteiger charge is -2.26. The lowest BCUT2D eigenvalue weighted by atomic mass is 9.81. The molecule has 1 fully saturated rings. The molecule has 0 radical (unpaired) electrons. The van der Waals surface area contributed by atoms with E-state index >= 15 is 0 Å². The molecule has 1 aromatic carbocycles. The third kappa shape index (κ3) is 5.47. The molecular formula is C23H24FN3O2. The van der Waals surface area contributed by atoms with Crippen molar-refractivity contribution in [3.8, 4) is 11.8 Å². The van der Waals surface area contributed by atoms with E-state index in [0.29, 0.717) is 12.8 Å². The number of nitriles is 1. The lowest BCUT2D eigenvalue weighted by molar-refractivity contribution is -0.140. The summed E-state index contributed by atoms with van der Waals surface area (Å²) >= 11 is 0. The van der Waals surface area contributed by atoms with Crippen molar-refractivity contribution >= 4 is 5.97 Å². The highest BCUT2D eigenvalue weighted by molar-refractivity contribution is 5.75. The van der Waals surface area contributed by atoms with Crippen molar-refractivity contribution in [1.82, 2.24) is 9.97 Å². The summed E-state index contributed by atoms with van der Waals surface area (Å²) in [7, 11) is 0. The fourth-order valence-corrected chi connectivity index (χ4v) is 3.56. The first-order chi connectivity index (χ1) is 14.1. The van der Waals surface area contributed by atoms with Crippen molar-refractivity contribution in [3.63, 3.8) is 0 Å². The summed E-state index contributed by atoms with van der Waals surface area (Å²) in [5, 5.41) is 8.77. The van der Waals surface area contributed by atoms with Crippen molar-refractivity contribution in [3.05, 3.63) is 65.5 Å². The molecule has 2 aromatic rings. The molecular weight excluding hydrogens is 369 g/mol. The molecule has 1 aliphatic carbocycles. The highest BCUT2D eigenvalue weighted by atomic mass is 19.1. The third-order valence-corrected chi connectivity index (χ3v) is 5.27. The van der Waals surface area contributed by atoms with Crippen LogP contribution in [-0.2, 0) is 11.2 Å². The fourth-order valence-electron chi connectivity index (χ4n) is 3.56. The molecule has 0 amide bonds. The van der Waals surface area contributed by atoms with Crippen molar-refractivity contribution < 1.29 is 13.9 Å². The van der Waals surface area contributed by atoms with Crippen molar-refractivity contribution in [2.75, 3.05) is 0 Å². The highest BCUT2D eigenvalue weighted by Crippen LogP contribution is 2.35. The van der Waals surface area contributed by atoms with Crippen molar-refractivity contribution in [2.45, 2.75) is 51.4 Å². The average Bonchev–Trinajstić information content (AvgIpc) is 2.75. The van der Waals surface area contributed by atoms with Gasteiger partial charge in [-0.1, -0.05) is 12.2 Å². The standard InChI is InChI=1S/C23H24FN3O2/c1-2-3-4-5-16-14-26-22(27-15-16)17-6-8-18(9-7-17)23(28)29-20-11-10-19(13-25)21(24)12-20/h2-3,10-12,14-15,17-18H,4-9H2,1H3. The zero-order valence-electron chi connectivity index (χ0n) is 16.5. The number of carbonyl (C=O) groups is 1. The Hall–Kier alpha value is -3.07. The first-order valence-electron chi connectivity index (χ1n) is 9.94. The van der Waals surface area contributed by atoms with E-state index in [0.717, 1.165) is 43.1 Å². The quantitative estimate of drug-likeness (QED) is 0.397. The molecule has 0 bridgehead atoms. The molecule has 0 N–H and O–H groups in total. The van der Waals surface area contributed by atoms with Crippen LogP contribution in [0.3, 0.4) is 0 Å². The number of ether oxygens (including phenoxy) is 1. The van der Waals surface area contributed by atoms with Crippen molar-refractivity contribution in [2.24, 2.45) is 5.92 Å². The van der Waals surface area contributed by atoms with Crippen LogP contribution >= 0.6 is 0 Å². The van der Waals surface area contributed by atoms with Gasteiger partial charge in [0.15, 0.2) is 0 Å². The summed E-state index contributed by atoms with van der Waals surface area (Å²) in [6.45, 7) is 2.01. The number of benzene rings is 1. The predicted octanol–water partition coefficient (Wildman–Crippen LogP) is 4.88. The summed E-state index contributed by atoms with van der Waals surface area (Å²) in [5.41, 5.74) is 1.05. The van der Waals surface area contributed by atoms with E-state index in [9.17, 15) is 9.18 Å². The third-order valence-electron chi connectivity index (χ3n) is 5.27. The van der Waals surface area contributed by atoms with Gasteiger partial charge >= 0.3 is 5.97 Å². The molecule has 1 saturated carbocycles. The topological polar surface area (TPSA) is 75.9 Å². The summed E-state index contributed by atoms with van der Waals surface area (Å²) in [6, 6.07) is 5.58. The molecule has 29 heavy (non-hydrogen) atoms. The minimum absolute atomic E-state index is 0.0712. The molecule has 1 heterocycles. The first kappa shape index (κ1) is 20.7.